The first-order valence-corrected chi connectivity index (χ1v) is 10.1. The molecule has 26 heavy (non-hydrogen) atoms. The number of piperazine rings is 1. The Balaban J connectivity index is 1.45. The van der Waals surface area contributed by atoms with Crippen molar-refractivity contribution in [3.05, 3.63) is 63.6 Å². The Hall–Kier alpha value is -1.69. The zero-order chi connectivity index (χ0) is 18.5. The fraction of sp³-hybridized carbons (Fsp3) is 0.381. The summed E-state index contributed by atoms with van der Waals surface area (Å²) in [5.74, 6) is 0.104. The quantitative estimate of drug-likeness (QED) is 0.666. The highest BCUT2D eigenvalue weighted by Gasteiger charge is 2.25. The summed E-state index contributed by atoms with van der Waals surface area (Å²) in [7, 11) is 0. The van der Waals surface area contributed by atoms with Gasteiger partial charge in [0.1, 0.15) is 32.7 Å². The zero-order valence-electron chi connectivity index (χ0n) is 15.6. The summed E-state index contributed by atoms with van der Waals surface area (Å²) in [6.45, 7) is 10.1. The van der Waals surface area contributed by atoms with Gasteiger partial charge in [-0.15, -0.1) is 0 Å². The number of amides is 1. The van der Waals surface area contributed by atoms with Crippen molar-refractivity contribution in [1.29, 1.82) is 0 Å². The second-order valence-corrected chi connectivity index (χ2v) is 8.27. The summed E-state index contributed by atoms with van der Waals surface area (Å²) in [4.78, 5) is 15.4. The van der Waals surface area contributed by atoms with Gasteiger partial charge in [-0.1, -0.05) is 45.8 Å². The summed E-state index contributed by atoms with van der Waals surface area (Å²) in [6, 6.07) is 14.7. The molecule has 0 bridgehead atoms. The molecule has 0 spiro atoms. The molecule has 0 atom stereocenters. The van der Waals surface area contributed by atoms with Crippen LogP contribution in [-0.2, 0) is 11.3 Å². The Morgan fingerprint density at radius 2 is 1.77 bits per heavy atom. The van der Waals surface area contributed by atoms with E-state index in [0.29, 0.717) is 6.54 Å². The van der Waals surface area contributed by atoms with E-state index in [1.54, 1.807) is 4.90 Å². The highest BCUT2D eigenvalue weighted by atomic mass is 79.9. The van der Waals surface area contributed by atoms with Crippen molar-refractivity contribution in [3.63, 3.8) is 0 Å². The third kappa shape index (κ3) is 5.40. The van der Waals surface area contributed by atoms with Crippen LogP contribution in [0.1, 0.15) is 16.7 Å². The summed E-state index contributed by atoms with van der Waals surface area (Å²) < 4.78 is 1.03. The molecule has 138 valence electrons. The summed E-state index contributed by atoms with van der Waals surface area (Å²) in [6.07, 6.45) is 0. The van der Waals surface area contributed by atoms with Crippen LogP contribution in [0.25, 0.3) is 0 Å². The van der Waals surface area contributed by atoms with Gasteiger partial charge in [0.2, 0.25) is 0 Å². The molecule has 1 aliphatic rings. The number of aryl methyl sites for hydroxylation is 2. The number of hydrogen-bond acceptors (Lipinski definition) is 1. The number of quaternary nitrogens is 2. The average molecular weight is 418 g/mol. The lowest BCUT2D eigenvalue weighted by Crippen LogP contribution is -3.28. The third-order valence-electron chi connectivity index (χ3n) is 5.07. The minimum Gasteiger partial charge on any atom is -0.322 e. The number of anilines is 1. The molecule has 0 radical (unpaired) electrons. The lowest BCUT2D eigenvalue weighted by atomic mass is 10.1. The number of hydrogen-bond donors (Lipinski definition) is 3. The third-order valence-corrected chi connectivity index (χ3v) is 5.57. The topological polar surface area (TPSA) is 38.0 Å². The molecule has 1 saturated heterocycles. The number of carbonyl (C=O) groups is 1. The first kappa shape index (κ1) is 19.1. The van der Waals surface area contributed by atoms with Crippen LogP contribution in [0.3, 0.4) is 0 Å². The van der Waals surface area contributed by atoms with E-state index < -0.39 is 0 Å². The fourth-order valence-corrected chi connectivity index (χ4v) is 4.09. The van der Waals surface area contributed by atoms with Crippen molar-refractivity contribution < 1.29 is 14.6 Å². The highest BCUT2D eigenvalue weighted by Crippen LogP contribution is 2.19. The van der Waals surface area contributed by atoms with E-state index in [4.69, 9.17) is 0 Å². The van der Waals surface area contributed by atoms with Gasteiger partial charge in [-0.2, -0.15) is 0 Å². The predicted octanol–water partition coefficient (Wildman–Crippen LogP) is 0.988. The van der Waals surface area contributed by atoms with Crippen LogP contribution in [-0.4, -0.2) is 38.6 Å². The fourth-order valence-electron chi connectivity index (χ4n) is 3.61. The van der Waals surface area contributed by atoms with Crippen LogP contribution in [0.5, 0.6) is 0 Å². The Labute approximate surface area is 164 Å². The molecule has 4 nitrogen and oxygen atoms in total. The van der Waals surface area contributed by atoms with Gasteiger partial charge in [0, 0.05) is 15.7 Å². The standard InChI is InChI=1S/C21H26BrN3O/c1-16-4-3-5-18(12-16)14-24-8-10-25(11-9-24)15-21(26)23-20-7-6-19(22)13-17(20)2/h3-7,12-13H,8-11,14-15H2,1-2H3,(H,23,26)/p+2. The first-order chi connectivity index (χ1) is 12.5. The minimum absolute atomic E-state index is 0.104. The predicted molar refractivity (Wildman–Crippen MR) is 109 cm³/mol. The Morgan fingerprint density at radius 3 is 2.46 bits per heavy atom. The second kappa shape index (κ2) is 8.80. The molecule has 0 aromatic heterocycles. The van der Waals surface area contributed by atoms with Crippen LogP contribution in [0.4, 0.5) is 5.69 Å². The lowest BCUT2D eigenvalue weighted by molar-refractivity contribution is -1.02. The molecule has 3 rings (SSSR count). The lowest BCUT2D eigenvalue weighted by Gasteiger charge is -2.29. The van der Waals surface area contributed by atoms with Crippen LogP contribution < -0.4 is 15.1 Å². The molecule has 1 amide bonds. The smallest absolute Gasteiger partial charge is 0.279 e. The van der Waals surface area contributed by atoms with Crippen molar-refractivity contribution in [2.45, 2.75) is 20.4 Å². The van der Waals surface area contributed by atoms with Gasteiger partial charge in [-0.05, 0) is 37.6 Å². The monoisotopic (exact) mass is 417 g/mol. The minimum atomic E-state index is 0.104. The molecule has 0 saturated carbocycles. The first-order valence-electron chi connectivity index (χ1n) is 9.28. The zero-order valence-corrected chi connectivity index (χ0v) is 17.2. The molecule has 2 aromatic carbocycles. The summed E-state index contributed by atoms with van der Waals surface area (Å²) in [5.41, 5.74) is 4.72. The summed E-state index contributed by atoms with van der Waals surface area (Å²) in [5, 5.41) is 3.05. The molecule has 5 heteroatoms. The van der Waals surface area contributed by atoms with E-state index in [-0.39, 0.29) is 5.91 Å². The van der Waals surface area contributed by atoms with E-state index in [9.17, 15) is 4.79 Å². The molecule has 1 heterocycles. The maximum atomic E-state index is 12.4. The number of nitrogens with one attached hydrogen (secondary N) is 3. The van der Waals surface area contributed by atoms with E-state index >= 15 is 0 Å². The van der Waals surface area contributed by atoms with Gasteiger partial charge < -0.3 is 15.1 Å². The van der Waals surface area contributed by atoms with Crippen molar-refractivity contribution in [3.8, 4) is 0 Å². The second-order valence-electron chi connectivity index (χ2n) is 7.35. The number of carbonyl (C=O) groups excluding carboxylic acids is 1. The molecule has 0 unspecified atom stereocenters. The van der Waals surface area contributed by atoms with Crippen molar-refractivity contribution in [1.82, 2.24) is 0 Å². The average Bonchev–Trinajstić information content (AvgIpc) is 2.59. The number of halogens is 1. The van der Waals surface area contributed by atoms with E-state index in [0.717, 1.165) is 48.4 Å². The molecule has 3 N–H and O–H groups in total. The van der Waals surface area contributed by atoms with Crippen LogP contribution in [0.2, 0.25) is 0 Å². The molecule has 1 aliphatic heterocycles. The van der Waals surface area contributed by atoms with Gasteiger partial charge in [-0.25, -0.2) is 0 Å². The SMILES string of the molecule is Cc1cccc(C[NH+]2CC[NH+](CC(=O)Nc3ccc(Br)cc3C)CC2)c1. The van der Waals surface area contributed by atoms with Gasteiger partial charge in [0.05, 0.1) is 0 Å². The largest absolute Gasteiger partial charge is 0.322 e. The van der Waals surface area contributed by atoms with Gasteiger partial charge in [0.15, 0.2) is 6.54 Å². The molecular weight excluding hydrogens is 390 g/mol. The van der Waals surface area contributed by atoms with Gasteiger partial charge >= 0.3 is 0 Å². The molecular formula is C21H28BrN3O+2. The molecule has 2 aromatic rings. The van der Waals surface area contributed by atoms with E-state index in [2.05, 4.69) is 52.4 Å². The van der Waals surface area contributed by atoms with Crippen molar-refractivity contribution in [2.24, 2.45) is 0 Å². The number of rotatable bonds is 5. The highest BCUT2D eigenvalue weighted by molar-refractivity contribution is 9.10. The molecule has 1 fully saturated rings. The van der Waals surface area contributed by atoms with E-state index in [1.165, 1.54) is 16.0 Å². The Kier molecular flexibility index (Phi) is 6.46. The maximum Gasteiger partial charge on any atom is 0.279 e. The van der Waals surface area contributed by atoms with Crippen LogP contribution >= 0.6 is 15.9 Å². The normalized spacial score (nSPS) is 20.0. The van der Waals surface area contributed by atoms with Crippen molar-refractivity contribution >= 4 is 27.5 Å². The number of benzene rings is 2. The summed E-state index contributed by atoms with van der Waals surface area (Å²) >= 11 is 3.46. The van der Waals surface area contributed by atoms with Gasteiger partial charge in [-0.3, -0.25) is 4.79 Å². The Morgan fingerprint density at radius 1 is 1.04 bits per heavy atom. The Bertz CT molecular complexity index is 770. The maximum absolute atomic E-state index is 12.4. The van der Waals surface area contributed by atoms with Crippen LogP contribution in [0, 0.1) is 13.8 Å². The van der Waals surface area contributed by atoms with E-state index in [1.807, 2.05) is 25.1 Å². The molecule has 0 aliphatic carbocycles. The van der Waals surface area contributed by atoms with Gasteiger partial charge in [0.25, 0.3) is 5.91 Å². The van der Waals surface area contributed by atoms with Crippen molar-refractivity contribution in [2.75, 3.05) is 38.0 Å². The van der Waals surface area contributed by atoms with Crippen LogP contribution in [0.15, 0.2) is 46.9 Å².